The quantitative estimate of drug-likeness (QED) is 0.225. The van der Waals surface area contributed by atoms with Crippen LogP contribution in [0.15, 0.2) is 71.4 Å². The first kappa shape index (κ1) is 18.5. The van der Waals surface area contributed by atoms with Crippen molar-refractivity contribution in [3.8, 4) is 0 Å². The molecule has 144 valence electrons. The predicted molar refractivity (Wildman–Crippen MR) is 114 cm³/mol. The molecule has 0 saturated heterocycles. The average molecular weight is 403 g/mol. The Balaban J connectivity index is 1.57. The van der Waals surface area contributed by atoms with Crippen molar-refractivity contribution in [2.24, 2.45) is 5.11 Å². The highest BCUT2D eigenvalue weighted by Crippen LogP contribution is 2.31. The number of benzene rings is 1. The molecule has 1 amide bonds. The lowest BCUT2D eigenvalue weighted by Gasteiger charge is -2.17. The Kier molecular flexibility index (Phi) is 5.42. The van der Waals surface area contributed by atoms with E-state index in [0.29, 0.717) is 5.56 Å². The standard InChI is InChI=1S/C20H17N7OS/c21-27-24-12-17(13-4-2-1-3-5-13)25-19(28)15-8-11-29-20(15)26-16-7-10-23-18-14(16)6-9-22-18/h1-11,17H,12H2,(H,25,28)(H2,22,23,26)/t17-/m1/s1. The predicted octanol–water partition coefficient (Wildman–Crippen LogP) is 5.15. The fourth-order valence-electron chi connectivity index (χ4n) is 3.05. The molecule has 0 bridgehead atoms. The van der Waals surface area contributed by atoms with Gasteiger partial charge in [-0.25, -0.2) is 4.98 Å². The Morgan fingerprint density at radius 3 is 2.93 bits per heavy atom. The van der Waals surface area contributed by atoms with Crippen LogP contribution in [-0.2, 0) is 0 Å². The molecule has 29 heavy (non-hydrogen) atoms. The van der Waals surface area contributed by atoms with E-state index in [9.17, 15) is 4.79 Å². The number of rotatable bonds is 7. The molecule has 0 unspecified atom stereocenters. The first-order valence-corrected chi connectivity index (χ1v) is 9.77. The molecular formula is C20H17N7OS. The fraction of sp³-hybridized carbons (Fsp3) is 0.100. The smallest absolute Gasteiger partial charge is 0.254 e. The number of hydrogen-bond donors (Lipinski definition) is 3. The second-order valence-electron chi connectivity index (χ2n) is 6.24. The van der Waals surface area contributed by atoms with E-state index < -0.39 is 6.04 Å². The van der Waals surface area contributed by atoms with Crippen LogP contribution in [0.2, 0.25) is 0 Å². The molecule has 3 N–H and O–H groups in total. The molecule has 0 fully saturated rings. The van der Waals surface area contributed by atoms with Crippen molar-refractivity contribution in [3.05, 3.63) is 87.9 Å². The summed E-state index contributed by atoms with van der Waals surface area (Å²) in [5.41, 5.74) is 11.7. The molecule has 0 aliphatic heterocycles. The molecule has 9 heteroatoms. The van der Waals surface area contributed by atoms with E-state index >= 15 is 0 Å². The normalized spacial score (nSPS) is 11.6. The summed E-state index contributed by atoms with van der Waals surface area (Å²) in [5.74, 6) is -0.241. The topological polar surface area (TPSA) is 119 Å². The van der Waals surface area contributed by atoms with E-state index in [1.165, 1.54) is 11.3 Å². The van der Waals surface area contributed by atoms with Crippen LogP contribution in [0.4, 0.5) is 10.7 Å². The van der Waals surface area contributed by atoms with Gasteiger partial charge in [0.2, 0.25) is 0 Å². The monoisotopic (exact) mass is 403 g/mol. The number of pyridine rings is 1. The van der Waals surface area contributed by atoms with E-state index in [-0.39, 0.29) is 12.5 Å². The third-order valence-corrected chi connectivity index (χ3v) is 5.28. The number of H-pyrrole nitrogens is 1. The number of fused-ring (bicyclic) bond motifs is 1. The lowest BCUT2D eigenvalue weighted by molar-refractivity contribution is 0.0939. The van der Waals surface area contributed by atoms with E-state index in [2.05, 4.69) is 30.6 Å². The van der Waals surface area contributed by atoms with Crippen LogP contribution in [0.3, 0.4) is 0 Å². The maximum Gasteiger partial charge on any atom is 0.254 e. The van der Waals surface area contributed by atoms with Crippen LogP contribution in [0.25, 0.3) is 21.5 Å². The van der Waals surface area contributed by atoms with Crippen LogP contribution < -0.4 is 10.6 Å². The highest BCUT2D eigenvalue weighted by atomic mass is 32.1. The second kappa shape index (κ2) is 8.47. The molecule has 4 aromatic rings. The number of carbonyl (C=O) groups excluding carboxylic acids is 1. The molecule has 0 spiro atoms. The Labute approximate surface area is 170 Å². The van der Waals surface area contributed by atoms with E-state index in [4.69, 9.17) is 5.53 Å². The van der Waals surface area contributed by atoms with E-state index in [0.717, 1.165) is 27.3 Å². The van der Waals surface area contributed by atoms with Gasteiger partial charge in [0, 0.05) is 22.7 Å². The molecule has 1 atom stereocenters. The summed E-state index contributed by atoms with van der Waals surface area (Å²) in [6.45, 7) is 0.132. The Bertz CT molecular complexity index is 1180. The van der Waals surface area contributed by atoms with Gasteiger partial charge in [0.15, 0.2) is 0 Å². The molecule has 0 aliphatic rings. The first-order valence-electron chi connectivity index (χ1n) is 8.89. The molecular weight excluding hydrogens is 386 g/mol. The van der Waals surface area contributed by atoms with Crippen LogP contribution >= 0.6 is 11.3 Å². The minimum Gasteiger partial charge on any atom is -0.346 e. The highest BCUT2D eigenvalue weighted by molar-refractivity contribution is 7.14. The summed E-state index contributed by atoms with van der Waals surface area (Å²) in [4.78, 5) is 23.2. The van der Waals surface area contributed by atoms with Gasteiger partial charge in [0.05, 0.1) is 23.8 Å². The summed E-state index contributed by atoms with van der Waals surface area (Å²) in [6, 6.07) is 14.6. The Hall–Kier alpha value is -3.81. The van der Waals surface area contributed by atoms with Crippen molar-refractivity contribution >= 4 is 39.0 Å². The van der Waals surface area contributed by atoms with Gasteiger partial charge in [-0.3, -0.25) is 4.79 Å². The number of amides is 1. The lowest BCUT2D eigenvalue weighted by Crippen LogP contribution is -2.30. The molecule has 3 aromatic heterocycles. The number of azide groups is 1. The fourth-order valence-corrected chi connectivity index (χ4v) is 3.85. The summed E-state index contributed by atoms with van der Waals surface area (Å²) in [5, 5.41) is 13.5. The number of aromatic amines is 1. The minimum absolute atomic E-state index is 0.132. The van der Waals surface area contributed by atoms with Crippen LogP contribution in [0.1, 0.15) is 22.0 Å². The zero-order valence-electron chi connectivity index (χ0n) is 15.2. The van der Waals surface area contributed by atoms with Crippen LogP contribution in [-0.4, -0.2) is 22.4 Å². The summed E-state index contributed by atoms with van der Waals surface area (Å²) >= 11 is 1.44. The van der Waals surface area contributed by atoms with Gasteiger partial charge in [0.1, 0.15) is 10.6 Å². The molecule has 0 saturated carbocycles. The maximum absolute atomic E-state index is 13.0. The van der Waals surface area contributed by atoms with Gasteiger partial charge in [0.25, 0.3) is 5.91 Å². The number of nitrogens with one attached hydrogen (secondary N) is 3. The zero-order chi connectivity index (χ0) is 20.1. The van der Waals surface area contributed by atoms with Gasteiger partial charge in [-0.1, -0.05) is 35.4 Å². The largest absolute Gasteiger partial charge is 0.346 e. The van der Waals surface area contributed by atoms with Gasteiger partial charge in [-0.15, -0.1) is 11.3 Å². The molecule has 1 aromatic carbocycles. The third kappa shape index (κ3) is 4.06. The number of aromatic nitrogens is 2. The van der Waals surface area contributed by atoms with Crippen molar-refractivity contribution in [2.45, 2.75) is 6.04 Å². The van der Waals surface area contributed by atoms with Crippen molar-refractivity contribution in [1.82, 2.24) is 15.3 Å². The zero-order valence-corrected chi connectivity index (χ0v) is 16.1. The number of nitrogens with zero attached hydrogens (tertiary/aromatic N) is 4. The SMILES string of the molecule is [N-]=[N+]=NC[C@@H](NC(=O)c1ccsc1Nc1ccnc2[nH]ccc12)c1ccccc1. The van der Waals surface area contributed by atoms with Gasteiger partial charge in [-0.05, 0) is 34.7 Å². The molecule has 0 radical (unpaired) electrons. The van der Waals surface area contributed by atoms with Gasteiger partial charge < -0.3 is 15.6 Å². The van der Waals surface area contributed by atoms with E-state index in [1.807, 2.05) is 54.0 Å². The number of hydrogen-bond acceptors (Lipinski definition) is 5. The van der Waals surface area contributed by atoms with Gasteiger partial charge in [-0.2, -0.15) is 0 Å². The molecule has 0 aliphatic carbocycles. The Morgan fingerprint density at radius 2 is 2.10 bits per heavy atom. The lowest BCUT2D eigenvalue weighted by atomic mass is 10.1. The second-order valence-corrected chi connectivity index (χ2v) is 7.15. The first-order chi connectivity index (χ1) is 14.3. The minimum atomic E-state index is -0.412. The highest BCUT2D eigenvalue weighted by Gasteiger charge is 2.19. The Morgan fingerprint density at radius 1 is 1.24 bits per heavy atom. The average Bonchev–Trinajstić information content (AvgIpc) is 3.41. The van der Waals surface area contributed by atoms with Gasteiger partial charge >= 0.3 is 0 Å². The summed E-state index contributed by atoms with van der Waals surface area (Å²) in [7, 11) is 0. The summed E-state index contributed by atoms with van der Waals surface area (Å²) in [6.07, 6.45) is 3.53. The van der Waals surface area contributed by atoms with Crippen molar-refractivity contribution in [2.75, 3.05) is 11.9 Å². The summed E-state index contributed by atoms with van der Waals surface area (Å²) < 4.78 is 0. The third-order valence-electron chi connectivity index (χ3n) is 4.45. The van der Waals surface area contributed by atoms with Crippen molar-refractivity contribution in [1.29, 1.82) is 0 Å². The number of thiophene rings is 1. The number of carbonyl (C=O) groups is 1. The van der Waals surface area contributed by atoms with Crippen molar-refractivity contribution in [3.63, 3.8) is 0 Å². The number of anilines is 2. The maximum atomic E-state index is 13.0. The molecule has 4 rings (SSSR count). The van der Waals surface area contributed by atoms with Crippen LogP contribution in [0.5, 0.6) is 0 Å². The van der Waals surface area contributed by atoms with Crippen LogP contribution in [0, 0.1) is 0 Å². The van der Waals surface area contributed by atoms with Crippen molar-refractivity contribution < 1.29 is 4.79 Å². The van der Waals surface area contributed by atoms with E-state index in [1.54, 1.807) is 12.3 Å². The molecule has 3 heterocycles. The molecule has 8 nitrogen and oxygen atoms in total.